The highest BCUT2D eigenvalue weighted by molar-refractivity contribution is 7.89. The van der Waals surface area contributed by atoms with Crippen molar-refractivity contribution < 1.29 is 18.1 Å². The van der Waals surface area contributed by atoms with E-state index in [2.05, 4.69) is 10.5 Å². The highest BCUT2D eigenvalue weighted by atomic mass is 35.5. The Kier molecular flexibility index (Phi) is 6.25. The number of sulfonamides is 1. The van der Waals surface area contributed by atoms with Gasteiger partial charge >= 0.3 is 0 Å². The van der Waals surface area contributed by atoms with E-state index in [4.69, 9.17) is 16.3 Å². The molecule has 11 heteroatoms. The molecule has 9 nitrogen and oxygen atoms in total. The molecule has 0 unspecified atom stereocenters. The Labute approximate surface area is 166 Å². The smallest absolute Gasteiger partial charge is 0.295 e. The van der Waals surface area contributed by atoms with Gasteiger partial charge in [-0.2, -0.15) is 9.41 Å². The van der Waals surface area contributed by atoms with E-state index in [0.717, 1.165) is 11.6 Å². The van der Waals surface area contributed by atoms with Gasteiger partial charge in [-0.05, 0) is 29.8 Å². The van der Waals surface area contributed by atoms with Gasteiger partial charge in [-0.25, -0.2) is 8.42 Å². The maximum absolute atomic E-state index is 12.7. The molecule has 0 atom stereocenters. The van der Waals surface area contributed by atoms with Crippen LogP contribution in [0.15, 0.2) is 52.5 Å². The first-order valence-corrected chi connectivity index (χ1v) is 10.1. The number of halogens is 1. The standard InChI is InChI=1S/C17H17ClN4O5S/c18-14-3-1-13(2-4-14)12-19-20-16-6-5-15(11-17(16)22(23)24)28(25,26)21-7-9-27-10-8-21/h1-6,11-12,20H,7-10H2/b19-12-. The number of nitro benzene ring substituents is 1. The molecule has 0 saturated carbocycles. The van der Waals surface area contributed by atoms with Crippen LogP contribution < -0.4 is 5.43 Å². The van der Waals surface area contributed by atoms with Gasteiger partial charge in [-0.15, -0.1) is 0 Å². The largest absolute Gasteiger partial charge is 0.379 e. The molecule has 0 bridgehead atoms. The van der Waals surface area contributed by atoms with Gasteiger partial charge in [-0.1, -0.05) is 23.7 Å². The van der Waals surface area contributed by atoms with Crippen LogP contribution >= 0.6 is 11.6 Å². The van der Waals surface area contributed by atoms with Crippen LogP contribution in [0.4, 0.5) is 11.4 Å². The van der Waals surface area contributed by atoms with Gasteiger partial charge < -0.3 is 4.74 Å². The monoisotopic (exact) mass is 424 g/mol. The second-order valence-corrected chi connectivity index (χ2v) is 8.25. The minimum Gasteiger partial charge on any atom is -0.379 e. The lowest BCUT2D eigenvalue weighted by molar-refractivity contribution is -0.384. The predicted octanol–water partition coefficient (Wildman–Crippen LogP) is 2.72. The number of nitrogens with zero attached hydrogens (tertiary/aromatic N) is 3. The van der Waals surface area contributed by atoms with E-state index in [1.165, 1.54) is 22.7 Å². The number of ether oxygens (including phenoxy) is 1. The Morgan fingerprint density at radius 3 is 2.50 bits per heavy atom. The molecular formula is C17H17ClN4O5S. The molecular weight excluding hydrogens is 408 g/mol. The average Bonchev–Trinajstić information content (AvgIpc) is 2.70. The molecule has 148 valence electrons. The fraction of sp³-hybridized carbons (Fsp3) is 0.235. The summed E-state index contributed by atoms with van der Waals surface area (Å²) >= 11 is 5.81. The zero-order valence-electron chi connectivity index (χ0n) is 14.6. The van der Waals surface area contributed by atoms with Gasteiger partial charge in [0.25, 0.3) is 5.69 Å². The number of morpholine rings is 1. The molecule has 2 aromatic rings. The maximum atomic E-state index is 12.7. The first-order chi connectivity index (χ1) is 13.4. The summed E-state index contributed by atoms with van der Waals surface area (Å²) in [7, 11) is -3.83. The average molecular weight is 425 g/mol. The lowest BCUT2D eigenvalue weighted by atomic mass is 10.2. The zero-order chi connectivity index (χ0) is 20.1. The molecule has 1 aliphatic rings. The van der Waals surface area contributed by atoms with Crippen molar-refractivity contribution in [1.82, 2.24) is 4.31 Å². The molecule has 1 aliphatic heterocycles. The van der Waals surface area contributed by atoms with Crippen molar-refractivity contribution in [3.05, 3.63) is 63.2 Å². The molecule has 1 fully saturated rings. The molecule has 2 aromatic carbocycles. The highest BCUT2D eigenvalue weighted by Crippen LogP contribution is 2.29. The lowest BCUT2D eigenvalue weighted by Gasteiger charge is -2.26. The van der Waals surface area contributed by atoms with E-state index < -0.39 is 14.9 Å². The van der Waals surface area contributed by atoms with Crippen LogP contribution in [-0.4, -0.2) is 50.2 Å². The first kappa shape index (κ1) is 20.2. The van der Waals surface area contributed by atoms with Crippen molar-refractivity contribution in [2.24, 2.45) is 5.10 Å². The van der Waals surface area contributed by atoms with Crippen molar-refractivity contribution in [2.45, 2.75) is 4.90 Å². The Hall–Kier alpha value is -2.53. The van der Waals surface area contributed by atoms with Gasteiger partial charge in [0.2, 0.25) is 10.0 Å². The van der Waals surface area contributed by atoms with Crippen LogP contribution in [0.1, 0.15) is 5.56 Å². The number of nitrogens with one attached hydrogen (secondary N) is 1. The zero-order valence-corrected chi connectivity index (χ0v) is 16.2. The number of nitro groups is 1. The third kappa shape index (κ3) is 4.65. The van der Waals surface area contributed by atoms with Crippen LogP contribution in [0.2, 0.25) is 5.02 Å². The fourth-order valence-corrected chi connectivity index (χ4v) is 4.13. The van der Waals surface area contributed by atoms with Crippen molar-refractivity contribution in [1.29, 1.82) is 0 Å². The topological polar surface area (TPSA) is 114 Å². The summed E-state index contributed by atoms with van der Waals surface area (Å²) in [5.41, 5.74) is 3.02. The quantitative estimate of drug-likeness (QED) is 0.433. The Bertz CT molecular complexity index is 989. The maximum Gasteiger partial charge on any atom is 0.295 e. The Morgan fingerprint density at radius 1 is 1.18 bits per heavy atom. The predicted molar refractivity (Wildman–Crippen MR) is 105 cm³/mol. The van der Waals surface area contributed by atoms with Crippen molar-refractivity contribution in [3.8, 4) is 0 Å². The number of hydrogen-bond acceptors (Lipinski definition) is 7. The summed E-state index contributed by atoms with van der Waals surface area (Å²) < 4.78 is 31.8. The number of rotatable bonds is 6. The summed E-state index contributed by atoms with van der Waals surface area (Å²) in [6.07, 6.45) is 1.47. The third-order valence-corrected chi connectivity index (χ3v) is 6.19. The summed E-state index contributed by atoms with van der Waals surface area (Å²) in [6, 6.07) is 10.5. The molecule has 1 heterocycles. The molecule has 0 aliphatic carbocycles. The Morgan fingerprint density at radius 2 is 1.86 bits per heavy atom. The summed E-state index contributed by atoms with van der Waals surface area (Å²) in [5.74, 6) is 0. The number of benzene rings is 2. The van der Waals surface area contributed by atoms with E-state index in [0.29, 0.717) is 18.2 Å². The van der Waals surface area contributed by atoms with Crippen LogP contribution in [0.5, 0.6) is 0 Å². The van der Waals surface area contributed by atoms with Gasteiger partial charge in [0, 0.05) is 24.2 Å². The van der Waals surface area contributed by atoms with Gasteiger partial charge in [-0.3, -0.25) is 15.5 Å². The minimum absolute atomic E-state index is 0.0798. The number of hydrogen-bond donors (Lipinski definition) is 1. The lowest BCUT2D eigenvalue weighted by Crippen LogP contribution is -2.40. The van der Waals surface area contributed by atoms with Crippen LogP contribution in [0.3, 0.4) is 0 Å². The minimum atomic E-state index is -3.83. The molecule has 1 N–H and O–H groups in total. The molecule has 1 saturated heterocycles. The summed E-state index contributed by atoms with van der Waals surface area (Å²) in [4.78, 5) is 10.6. The number of anilines is 1. The van der Waals surface area contributed by atoms with Crippen molar-refractivity contribution in [3.63, 3.8) is 0 Å². The summed E-state index contributed by atoms with van der Waals surface area (Å²) in [5, 5.41) is 16.0. The van der Waals surface area contributed by atoms with Crippen LogP contribution in [0.25, 0.3) is 0 Å². The van der Waals surface area contributed by atoms with E-state index >= 15 is 0 Å². The SMILES string of the molecule is O=[N+]([O-])c1cc(S(=O)(=O)N2CCOCC2)ccc1N/N=C\c1ccc(Cl)cc1. The molecule has 0 radical (unpaired) electrons. The van der Waals surface area contributed by atoms with E-state index in [9.17, 15) is 18.5 Å². The molecule has 0 spiro atoms. The Balaban J connectivity index is 1.83. The fourth-order valence-electron chi connectivity index (χ4n) is 2.58. The summed E-state index contributed by atoms with van der Waals surface area (Å²) in [6.45, 7) is 1.00. The van der Waals surface area contributed by atoms with Crippen LogP contribution in [0, 0.1) is 10.1 Å². The van der Waals surface area contributed by atoms with Crippen molar-refractivity contribution >= 4 is 39.2 Å². The van der Waals surface area contributed by atoms with Crippen molar-refractivity contribution in [2.75, 3.05) is 31.7 Å². The highest BCUT2D eigenvalue weighted by Gasteiger charge is 2.28. The van der Waals surface area contributed by atoms with Gasteiger partial charge in [0.15, 0.2) is 0 Å². The van der Waals surface area contributed by atoms with Crippen LogP contribution in [-0.2, 0) is 14.8 Å². The third-order valence-electron chi connectivity index (χ3n) is 4.04. The van der Waals surface area contributed by atoms with Gasteiger partial charge in [0.05, 0.1) is 29.2 Å². The number of hydrazone groups is 1. The van der Waals surface area contributed by atoms with Gasteiger partial charge in [0.1, 0.15) is 5.69 Å². The normalized spacial score (nSPS) is 15.6. The molecule has 3 rings (SSSR count). The molecule has 28 heavy (non-hydrogen) atoms. The van der Waals surface area contributed by atoms with E-state index in [1.54, 1.807) is 24.3 Å². The molecule has 0 aromatic heterocycles. The molecule has 0 amide bonds. The second kappa shape index (κ2) is 8.65. The first-order valence-electron chi connectivity index (χ1n) is 8.29. The van der Waals surface area contributed by atoms with E-state index in [-0.39, 0.29) is 29.4 Å². The van der Waals surface area contributed by atoms with E-state index in [1.807, 2.05) is 0 Å². The second-order valence-electron chi connectivity index (χ2n) is 5.87.